The van der Waals surface area contributed by atoms with Crippen LogP contribution in [0.2, 0.25) is 0 Å². The molecule has 0 fully saturated rings. The van der Waals surface area contributed by atoms with Crippen LogP contribution < -0.4 is 16.8 Å². The van der Waals surface area contributed by atoms with Gasteiger partial charge in [-0.15, -0.1) is 0 Å². The average molecular weight is 224 g/mol. The third kappa shape index (κ3) is 7.62. The summed E-state index contributed by atoms with van der Waals surface area (Å²) in [6.45, 7) is -2.79. The molecule has 6 nitrogen and oxygen atoms in total. The van der Waals surface area contributed by atoms with E-state index < -0.39 is 18.6 Å². The Kier molecular flexibility index (Phi) is 6.27. The summed E-state index contributed by atoms with van der Waals surface area (Å²) in [4.78, 5) is 10.8. The van der Waals surface area contributed by atoms with Crippen molar-refractivity contribution in [1.29, 1.82) is 5.41 Å². The molecular weight excluding hydrogens is 210 g/mol. The van der Waals surface area contributed by atoms with E-state index in [0.29, 0.717) is 13.0 Å². The van der Waals surface area contributed by atoms with Crippen LogP contribution in [0.1, 0.15) is 12.8 Å². The number of guanidine groups is 1. The lowest BCUT2D eigenvalue weighted by atomic mass is 10.2. The predicted molar refractivity (Wildman–Crippen MR) is 49.2 cm³/mol. The molecule has 0 aliphatic heterocycles. The second-order valence-corrected chi connectivity index (χ2v) is 2.79. The van der Waals surface area contributed by atoms with E-state index in [1.807, 2.05) is 0 Å². The fraction of sp³-hybridized carbons (Fsp3) is 0.714. The number of esters is 1. The molecule has 0 heterocycles. The number of alkyl halides is 2. The molecule has 0 aliphatic rings. The Balaban J connectivity index is 3.60. The fourth-order valence-electron chi connectivity index (χ4n) is 0.838. The van der Waals surface area contributed by atoms with Crippen molar-refractivity contribution in [3.8, 4) is 0 Å². The number of carbonyl (C=O) groups excluding carboxylic acids is 1. The van der Waals surface area contributed by atoms with Crippen LogP contribution in [-0.2, 0) is 9.53 Å². The zero-order valence-corrected chi connectivity index (χ0v) is 8.00. The van der Waals surface area contributed by atoms with Crippen LogP contribution in [0, 0.1) is 5.41 Å². The van der Waals surface area contributed by atoms with Crippen molar-refractivity contribution in [2.24, 2.45) is 11.5 Å². The lowest BCUT2D eigenvalue weighted by Crippen LogP contribution is -2.35. The monoisotopic (exact) mass is 224 g/mol. The molecule has 0 aromatic rings. The summed E-state index contributed by atoms with van der Waals surface area (Å²) in [5, 5.41) is 9.29. The highest BCUT2D eigenvalue weighted by atomic mass is 19.3. The van der Waals surface area contributed by atoms with E-state index in [1.165, 1.54) is 0 Å². The van der Waals surface area contributed by atoms with E-state index in [0.717, 1.165) is 0 Å². The van der Waals surface area contributed by atoms with Crippen LogP contribution in [0.3, 0.4) is 0 Å². The van der Waals surface area contributed by atoms with E-state index in [4.69, 9.17) is 16.9 Å². The van der Waals surface area contributed by atoms with E-state index in [1.54, 1.807) is 0 Å². The third-order valence-electron chi connectivity index (χ3n) is 1.52. The SMILES string of the molecule is N=C(N)NCCC[C@H](N)C(=O)OC(F)F. The first-order valence-corrected chi connectivity index (χ1v) is 4.25. The number of ether oxygens (including phenoxy) is 1. The van der Waals surface area contributed by atoms with Crippen LogP contribution in [-0.4, -0.2) is 31.1 Å². The van der Waals surface area contributed by atoms with Crippen molar-refractivity contribution in [1.82, 2.24) is 5.32 Å². The minimum Gasteiger partial charge on any atom is -0.402 e. The molecule has 0 aromatic heterocycles. The Morgan fingerprint density at radius 1 is 1.53 bits per heavy atom. The molecule has 0 unspecified atom stereocenters. The molecule has 0 amide bonds. The third-order valence-corrected chi connectivity index (χ3v) is 1.52. The second kappa shape index (κ2) is 6.93. The van der Waals surface area contributed by atoms with Gasteiger partial charge in [0.15, 0.2) is 5.96 Å². The quantitative estimate of drug-likeness (QED) is 0.207. The highest BCUT2D eigenvalue weighted by Gasteiger charge is 2.18. The van der Waals surface area contributed by atoms with Gasteiger partial charge in [-0.2, -0.15) is 8.78 Å². The van der Waals surface area contributed by atoms with Gasteiger partial charge in [-0.25, -0.2) is 0 Å². The lowest BCUT2D eigenvalue weighted by Gasteiger charge is -2.10. The van der Waals surface area contributed by atoms with Gasteiger partial charge in [-0.1, -0.05) is 0 Å². The number of rotatable bonds is 6. The molecule has 0 rings (SSSR count). The second-order valence-electron chi connectivity index (χ2n) is 2.79. The molecule has 88 valence electrons. The normalized spacial score (nSPS) is 12.3. The number of hydrogen-bond acceptors (Lipinski definition) is 4. The van der Waals surface area contributed by atoms with Gasteiger partial charge in [-0.3, -0.25) is 10.2 Å². The smallest absolute Gasteiger partial charge is 0.389 e. The van der Waals surface area contributed by atoms with Crippen molar-refractivity contribution in [3.05, 3.63) is 0 Å². The minimum absolute atomic E-state index is 0.186. The molecule has 15 heavy (non-hydrogen) atoms. The molecule has 0 saturated heterocycles. The zero-order chi connectivity index (χ0) is 11.8. The Labute approximate surface area is 85.5 Å². The Hall–Kier alpha value is -1.44. The molecule has 1 atom stereocenters. The van der Waals surface area contributed by atoms with Crippen molar-refractivity contribution in [2.75, 3.05) is 6.54 Å². The van der Waals surface area contributed by atoms with Crippen molar-refractivity contribution < 1.29 is 18.3 Å². The van der Waals surface area contributed by atoms with E-state index in [-0.39, 0.29) is 12.4 Å². The van der Waals surface area contributed by atoms with E-state index >= 15 is 0 Å². The summed E-state index contributed by atoms with van der Waals surface area (Å²) in [6.07, 6.45) is 0.616. The molecule has 0 aromatic carbocycles. The Bertz CT molecular complexity index is 225. The van der Waals surface area contributed by atoms with Gasteiger partial charge in [0, 0.05) is 6.54 Å². The van der Waals surface area contributed by atoms with E-state index in [2.05, 4.69) is 10.1 Å². The van der Waals surface area contributed by atoms with Crippen molar-refractivity contribution >= 4 is 11.9 Å². The van der Waals surface area contributed by atoms with Crippen LogP contribution in [0.15, 0.2) is 0 Å². The number of carbonyl (C=O) groups is 1. The molecule has 8 heteroatoms. The van der Waals surface area contributed by atoms with Crippen molar-refractivity contribution in [3.63, 3.8) is 0 Å². The maximum Gasteiger partial charge on any atom is 0.389 e. The van der Waals surface area contributed by atoms with Gasteiger partial charge < -0.3 is 21.5 Å². The number of halogens is 2. The van der Waals surface area contributed by atoms with Crippen LogP contribution in [0.5, 0.6) is 0 Å². The highest BCUT2D eigenvalue weighted by Crippen LogP contribution is 2.01. The number of hydrogen-bond donors (Lipinski definition) is 4. The molecular formula is C7H14F2N4O2. The first kappa shape index (κ1) is 13.6. The first-order valence-electron chi connectivity index (χ1n) is 4.25. The summed E-state index contributed by atoms with van der Waals surface area (Å²) >= 11 is 0. The minimum atomic E-state index is -3.14. The van der Waals surface area contributed by atoms with Crippen LogP contribution >= 0.6 is 0 Å². The standard InChI is InChI=1S/C7H14F2N4O2/c8-6(9)15-5(14)4(10)2-1-3-13-7(11)12/h4,6H,1-3,10H2,(H4,11,12,13)/t4-/m0/s1. The number of nitrogens with one attached hydrogen (secondary N) is 2. The molecule has 0 aliphatic carbocycles. The predicted octanol–water partition coefficient (Wildman–Crippen LogP) is -0.657. The molecule has 0 saturated carbocycles. The Morgan fingerprint density at radius 2 is 2.13 bits per heavy atom. The van der Waals surface area contributed by atoms with Crippen LogP contribution in [0.25, 0.3) is 0 Å². The van der Waals surface area contributed by atoms with Gasteiger partial charge in [-0.05, 0) is 12.8 Å². The van der Waals surface area contributed by atoms with Gasteiger partial charge in [0.1, 0.15) is 6.04 Å². The number of nitrogens with two attached hydrogens (primary N) is 2. The largest absolute Gasteiger partial charge is 0.402 e. The molecule has 6 N–H and O–H groups in total. The fourth-order valence-corrected chi connectivity index (χ4v) is 0.838. The van der Waals surface area contributed by atoms with Gasteiger partial charge in [0.25, 0.3) is 0 Å². The summed E-state index contributed by atoms with van der Waals surface area (Å²) in [7, 11) is 0. The first-order chi connectivity index (χ1) is 6.93. The highest BCUT2D eigenvalue weighted by molar-refractivity contribution is 5.75. The molecule has 0 spiro atoms. The summed E-state index contributed by atoms with van der Waals surface area (Å²) in [5.41, 5.74) is 10.2. The summed E-state index contributed by atoms with van der Waals surface area (Å²) in [6, 6.07) is -1.08. The molecule has 0 bridgehead atoms. The zero-order valence-electron chi connectivity index (χ0n) is 8.00. The van der Waals surface area contributed by atoms with E-state index in [9.17, 15) is 13.6 Å². The lowest BCUT2D eigenvalue weighted by molar-refractivity contribution is -0.177. The topological polar surface area (TPSA) is 114 Å². The maximum absolute atomic E-state index is 11.6. The van der Waals surface area contributed by atoms with Gasteiger partial charge in [0.05, 0.1) is 0 Å². The Morgan fingerprint density at radius 3 is 2.60 bits per heavy atom. The molecule has 0 radical (unpaired) electrons. The van der Waals surface area contributed by atoms with Crippen LogP contribution in [0.4, 0.5) is 8.78 Å². The van der Waals surface area contributed by atoms with Gasteiger partial charge >= 0.3 is 12.6 Å². The van der Waals surface area contributed by atoms with Gasteiger partial charge in [0.2, 0.25) is 0 Å². The summed E-state index contributed by atoms with van der Waals surface area (Å²) < 4.78 is 26.8. The maximum atomic E-state index is 11.6. The average Bonchev–Trinajstić information content (AvgIpc) is 2.10. The van der Waals surface area contributed by atoms with Crippen molar-refractivity contribution in [2.45, 2.75) is 25.5 Å². The summed E-state index contributed by atoms with van der Waals surface area (Å²) in [5.74, 6) is -1.33.